The van der Waals surface area contributed by atoms with Crippen molar-refractivity contribution in [2.24, 2.45) is 12.2 Å². The van der Waals surface area contributed by atoms with Crippen LogP contribution in [0.4, 0.5) is 0 Å². The zero-order valence-electron chi connectivity index (χ0n) is 8.54. The number of para-hydroxylation sites is 1. The Hall–Kier alpha value is -1.40. The Balaban J connectivity index is 0.000000245. The van der Waals surface area contributed by atoms with Gasteiger partial charge in [-0.1, -0.05) is 18.2 Å². The highest BCUT2D eigenvalue weighted by molar-refractivity contribution is 7.69. The average molecular weight is 227 g/mol. The van der Waals surface area contributed by atoms with Crippen LogP contribution in [0.5, 0.6) is 0 Å². The summed E-state index contributed by atoms with van der Waals surface area (Å²) in [5, 5.41) is 9.62. The molecule has 0 saturated heterocycles. The van der Waals surface area contributed by atoms with Gasteiger partial charge >= 0.3 is 0 Å². The van der Waals surface area contributed by atoms with Gasteiger partial charge in [0.1, 0.15) is 0 Å². The molecule has 0 bridgehead atoms. The maximum atomic E-state index is 8.81. The van der Waals surface area contributed by atoms with Gasteiger partial charge in [-0.15, -0.1) is 0 Å². The number of aryl methyl sites for hydroxylation is 2. The van der Waals surface area contributed by atoms with E-state index in [1.807, 2.05) is 30.8 Å². The standard InChI is InChI=1S/C9H10N2.H3NO2S/c1-7-8-5-3-4-6-9(8)11(2)10-7;1-4(2)3/h3-6H,1-2H3;4H,(H2,1,2,3). The highest BCUT2D eigenvalue weighted by atomic mass is 32.2. The van der Waals surface area contributed by atoms with Crippen LogP contribution in [0.2, 0.25) is 0 Å². The molecule has 2 N–H and O–H groups in total. The molecular formula is C9H13N3O2S. The highest BCUT2D eigenvalue weighted by Gasteiger charge is 2.00. The zero-order valence-corrected chi connectivity index (χ0v) is 9.44. The minimum atomic E-state index is -2.62. The normalized spacial score (nSPS) is 10.1. The first-order valence-corrected chi connectivity index (χ1v) is 5.54. The van der Waals surface area contributed by atoms with Crippen molar-refractivity contribution in [2.45, 2.75) is 6.92 Å². The second-order valence-corrected chi connectivity index (χ2v) is 3.58. The smallest absolute Gasteiger partial charge is 0.198 e. The van der Waals surface area contributed by atoms with Gasteiger partial charge < -0.3 is 0 Å². The van der Waals surface area contributed by atoms with Crippen molar-refractivity contribution in [1.29, 1.82) is 0 Å². The van der Waals surface area contributed by atoms with Crippen molar-refractivity contribution >= 4 is 21.8 Å². The van der Waals surface area contributed by atoms with E-state index in [0.717, 1.165) is 5.69 Å². The maximum absolute atomic E-state index is 8.81. The molecule has 15 heavy (non-hydrogen) atoms. The molecule has 0 unspecified atom stereocenters. The first-order chi connectivity index (χ1) is 7.02. The van der Waals surface area contributed by atoms with E-state index in [1.165, 1.54) is 10.9 Å². The van der Waals surface area contributed by atoms with Crippen molar-refractivity contribution in [1.82, 2.24) is 9.78 Å². The molecule has 0 saturated carbocycles. The first-order valence-electron chi connectivity index (χ1n) is 4.30. The predicted octanol–water partition coefficient (Wildman–Crippen LogP) is 0.353. The lowest BCUT2D eigenvalue weighted by atomic mass is 10.2. The zero-order chi connectivity index (χ0) is 11.4. The molecule has 1 heterocycles. The maximum Gasteiger partial charge on any atom is 0.198 e. The molecule has 0 aliphatic carbocycles. The summed E-state index contributed by atoms with van der Waals surface area (Å²) in [5.41, 5.74) is 2.30. The molecular weight excluding hydrogens is 214 g/mol. The van der Waals surface area contributed by atoms with Crippen molar-refractivity contribution in [3.63, 3.8) is 0 Å². The molecule has 0 aliphatic rings. The van der Waals surface area contributed by atoms with Gasteiger partial charge in [-0.25, -0.2) is 13.6 Å². The van der Waals surface area contributed by atoms with Crippen LogP contribution in [0.15, 0.2) is 24.3 Å². The van der Waals surface area contributed by atoms with Gasteiger partial charge in [0, 0.05) is 12.4 Å². The Bertz CT molecular complexity index is 487. The Kier molecular flexibility index (Phi) is 3.81. The summed E-state index contributed by atoms with van der Waals surface area (Å²) < 4.78 is 19.5. The summed E-state index contributed by atoms with van der Waals surface area (Å²) in [6, 6.07) is 8.24. The van der Waals surface area contributed by atoms with E-state index in [-0.39, 0.29) is 0 Å². The van der Waals surface area contributed by atoms with Gasteiger partial charge in [0.15, 0.2) is 10.9 Å². The van der Waals surface area contributed by atoms with E-state index in [4.69, 9.17) is 8.42 Å². The molecule has 0 aliphatic heterocycles. The quantitative estimate of drug-likeness (QED) is 0.638. The molecule has 6 heteroatoms. The number of nitrogens with two attached hydrogens (primary N) is 1. The van der Waals surface area contributed by atoms with Gasteiger partial charge in [-0.2, -0.15) is 5.10 Å². The average Bonchev–Trinajstić information content (AvgIpc) is 2.43. The Morgan fingerprint density at radius 3 is 2.40 bits per heavy atom. The minimum absolute atomic E-state index is 1.10. The number of rotatable bonds is 0. The van der Waals surface area contributed by atoms with Crippen molar-refractivity contribution in [3.8, 4) is 0 Å². The Morgan fingerprint density at radius 1 is 1.33 bits per heavy atom. The third-order valence-corrected chi connectivity index (χ3v) is 1.94. The lowest BCUT2D eigenvalue weighted by Gasteiger charge is -1.90. The molecule has 1 aromatic carbocycles. The Labute approximate surface area is 89.6 Å². The number of fused-ring (bicyclic) bond motifs is 1. The van der Waals surface area contributed by atoms with Crippen LogP contribution in [-0.2, 0) is 17.9 Å². The van der Waals surface area contributed by atoms with Gasteiger partial charge in [-0.05, 0) is 13.0 Å². The lowest BCUT2D eigenvalue weighted by Crippen LogP contribution is -1.88. The Morgan fingerprint density at radius 2 is 1.87 bits per heavy atom. The number of nitrogens with zero attached hydrogens (tertiary/aromatic N) is 2. The number of thiol groups is 1. The van der Waals surface area contributed by atoms with E-state index in [2.05, 4.69) is 22.4 Å². The van der Waals surface area contributed by atoms with Gasteiger partial charge in [0.2, 0.25) is 0 Å². The van der Waals surface area contributed by atoms with Gasteiger partial charge in [-0.3, -0.25) is 4.68 Å². The first kappa shape index (κ1) is 11.7. The number of aromatic nitrogens is 2. The number of benzene rings is 1. The fourth-order valence-electron chi connectivity index (χ4n) is 1.39. The summed E-state index contributed by atoms with van der Waals surface area (Å²) in [5.74, 6) is 0. The van der Waals surface area contributed by atoms with E-state index < -0.39 is 10.9 Å². The second-order valence-electron chi connectivity index (χ2n) is 3.01. The summed E-state index contributed by atoms with van der Waals surface area (Å²) in [6.07, 6.45) is 0. The van der Waals surface area contributed by atoms with E-state index in [0.29, 0.717) is 0 Å². The van der Waals surface area contributed by atoms with Crippen LogP contribution in [0.25, 0.3) is 10.9 Å². The van der Waals surface area contributed by atoms with Crippen LogP contribution < -0.4 is 5.14 Å². The molecule has 1 aromatic heterocycles. The van der Waals surface area contributed by atoms with E-state index >= 15 is 0 Å². The number of hydrogen-bond donors (Lipinski definition) is 2. The molecule has 0 spiro atoms. The van der Waals surface area contributed by atoms with Crippen molar-refractivity contribution in [2.75, 3.05) is 0 Å². The van der Waals surface area contributed by atoms with E-state index in [1.54, 1.807) is 0 Å². The molecule has 2 aromatic rings. The summed E-state index contributed by atoms with van der Waals surface area (Å²) in [4.78, 5) is 0. The van der Waals surface area contributed by atoms with Crippen LogP contribution >= 0.6 is 0 Å². The van der Waals surface area contributed by atoms with Crippen LogP contribution in [-0.4, -0.2) is 18.2 Å². The fraction of sp³-hybridized carbons (Fsp3) is 0.222. The predicted molar refractivity (Wildman–Crippen MR) is 60.0 cm³/mol. The second kappa shape index (κ2) is 4.90. The minimum Gasteiger partial charge on any atom is -0.268 e. The number of hydrogen-bond acceptors (Lipinski definition) is 3. The topological polar surface area (TPSA) is 78.0 Å². The molecule has 0 fully saturated rings. The van der Waals surface area contributed by atoms with Gasteiger partial charge in [0.05, 0.1) is 11.2 Å². The van der Waals surface area contributed by atoms with E-state index in [9.17, 15) is 0 Å². The van der Waals surface area contributed by atoms with Crippen LogP contribution in [0.1, 0.15) is 5.69 Å². The summed E-state index contributed by atoms with van der Waals surface area (Å²) >= 11 is 0. The molecule has 82 valence electrons. The third kappa shape index (κ3) is 3.03. The molecule has 5 nitrogen and oxygen atoms in total. The van der Waals surface area contributed by atoms with Crippen LogP contribution in [0, 0.1) is 6.92 Å². The molecule has 0 amide bonds. The summed E-state index contributed by atoms with van der Waals surface area (Å²) in [7, 11) is -0.653. The monoisotopic (exact) mass is 227 g/mol. The highest BCUT2D eigenvalue weighted by Crippen LogP contribution is 2.15. The molecule has 0 atom stereocenters. The van der Waals surface area contributed by atoms with Crippen molar-refractivity contribution in [3.05, 3.63) is 30.0 Å². The molecule has 2 rings (SSSR count). The SMILES string of the molecule is Cc1nn(C)c2ccccc12.N[SH](=O)=O. The lowest BCUT2D eigenvalue weighted by molar-refractivity contribution is 0.616. The van der Waals surface area contributed by atoms with Crippen LogP contribution in [0.3, 0.4) is 0 Å². The third-order valence-electron chi connectivity index (χ3n) is 1.94. The van der Waals surface area contributed by atoms with Crippen molar-refractivity contribution < 1.29 is 8.42 Å². The summed E-state index contributed by atoms with van der Waals surface area (Å²) in [6.45, 7) is 2.03. The largest absolute Gasteiger partial charge is 0.268 e. The fourth-order valence-corrected chi connectivity index (χ4v) is 1.39. The molecule has 0 radical (unpaired) electrons. The van der Waals surface area contributed by atoms with Gasteiger partial charge in [0.25, 0.3) is 0 Å².